The molecule has 3 aromatic rings. The van der Waals surface area contributed by atoms with Gasteiger partial charge in [-0.15, -0.1) is 0 Å². The van der Waals surface area contributed by atoms with Gasteiger partial charge >= 0.3 is 0 Å². The summed E-state index contributed by atoms with van der Waals surface area (Å²) in [6, 6.07) is 14.8. The molecule has 0 aliphatic rings. The van der Waals surface area contributed by atoms with Gasteiger partial charge in [-0.25, -0.2) is 9.67 Å². The number of aryl methyl sites for hydroxylation is 1. The molecule has 1 N–H and O–H groups in total. The van der Waals surface area contributed by atoms with Crippen molar-refractivity contribution >= 4 is 23.8 Å². The average Bonchev–Trinajstić information content (AvgIpc) is 2.98. The number of phenols is 1. The molecule has 0 saturated heterocycles. The lowest BCUT2D eigenvalue weighted by molar-refractivity contribution is 0.475. The minimum atomic E-state index is 0.198. The molecule has 0 amide bonds. The number of benzene rings is 2. The Bertz CT molecular complexity index is 871. The summed E-state index contributed by atoms with van der Waals surface area (Å²) < 4.78 is 1.82. The van der Waals surface area contributed by atoms with E-state index in [0.29, 0.717) is 22.2 Å². The van der Waals surface area contributed by atoms with Gasteiger partial charge in [-0.3, -0.25) is 0 Å². The molecule has 0 bridgehead atoms. The molecule has 2 aromatic carbocycles. The smallest absolute Gasteiger partial charge is 0.174 e. The topological polar surface area (TPSA) is 50.9 Å². The van der Waals surface area contributed by atoms with Crippen molar-refractivity contribution in [2.75, 3.05) is 0 Å². The molecular weight excluding hydrogens is 322 g/mol. The molecule has 1 aromatic heterocycles. The zero-order chi connectivity index (χ0) is 16.9. The molecule has 1 heterocycles. The van der Waals surface area contributed by atoms with Crippen molar-refractivity contribution in [3.8, 4) is 17.1 Å². The van der Waals surface area contributed by atoms with Crippen LogP contribution in [0.15, 0.2) is 48.5 Å². The lowest BCUT2D eigenvalue weighted by Gasteiger charge is -2.05. The predicted molar refractivity (Wildman–Crippen MR) is 97.8 cm³/mol. The predicted octanol–water partition coefficient (Wildman–Crippen LogP) is 4.88. The molecule has 0 saturated carbocycles. The Hall–Kier alpha value is -2.59. The third-order valence-corrected chi connectivity index (χ3v) is 3.93. The first kappa shape index (κ1) is 16.3. The first-order valence-electron chi connectivity index (χ1n) is 7.85. The van der Waals surface area contributed by atoms with Crippen LogP contribution in [-0.4, -0.2) is 19.9 Å². The fourth-order valence-electron chi connectivity index (χ4n) is 2.43. The van der Waals surface area contributed by atoms with E-state index >= 15 is 0 Å². The lowest BCUT2D eigenvalue weighted by atomic mass is 10.2. The fraction of sp³-hybridized carbons (Fsp3) is 0.158. The SMILES string of the molecule is CCCn1nc(/C=C/c2ccccc2Cl)nc1-c1ccccc1O. The molecule has 122 valence electrons. The maximum absolute atomic E-state index is 10.1. The Labute approximate surface area is 146 Å². The van der Waals surface area contributed by atoms with Crippen LogP contribution in [0, 0.1) is 0 Å². The molecule has 0 spiro atoms. The highest BCUT2D eigenvalue weighted by Gasteiger charge is 2.13. The van der Waals surface area contributed by atoms with Crippen LogP contribution in [0.25, 0.3) is 23.5 Å². The van der Waals surface area contributed by atoms with E-state index in [9.17, 15) is 5.11 Å². The largest absolute Gasteiger partial charge is 0.507 e. The molecular formula is C19H18ClN3O. The molecule has 0 radical (unpaired) electrons. The molecule has 0 aliphatic heterocycles. The number of hydrogen-bond donors (Lipinski definition) is 1. The van der Waals surface area contributed by atoms with E-state index in [4.69, 9.17) is 11.6 Å². The quantitative estimate of drug-likeness (QED) is 0.720. The van der Waals surface area contributed by atoms with E-state index < -0.39 is 0 Å². The Kier molecular flexibility index (Phi) is 4.96. The number of nitrogens with zero attached hydrogens (tertiary/aromatic N) is 3. The van der Waals surface area contributed by atoms with Crippen molar-refractivity contribution in [2.45, 2.75) is 19.9 Å². The third kappa shape index (κ3) is 3.49. The number of halogens is 1. The first-order valence-corrected chi connectivity index (χ1v) is 8.22. The summed E-state index contributed by atoms with van der Waals surface area (Å²) in [6.07, 6.45) is 4.65. The molecule has 0 unspecified atom stereocenters. The van der Waals surface area contributed by atoms with E-state index in [1.165, 1.54) is 0 Å². The van der Waals surface area contributed by atoms with Crippen LogP contribution in [0.2, 0.25) is 5.02 Å². The van der Waals surface area contributed by atoms with Gasteiger partial charge in [0, 0.05) is 11.6 Å². The molecule has 3 rings (SSSR count). The van der Waals surface area contributed by atoms with Gasteiger partial charge < -0.3 is 5.11 Å². The maximum atomic E-state index is 10.1. The normalized spacial score (nSPS) is 11.2. The molecule has 24 heavy (non-hydrogen) atoms. The van der Waals surface area contributed by atoms with Crippen molar-refractivity contribution in [3.63, 3.8) is 0 Å². The summed E-state index contributed by atoms with van der Waals surface area (Å²) >= 11 is 6.16. The van der Waals surface area contributed by atoms with Crippen molar-refractivity contribution in [2.24, 2.45) is 0 Å². The lowest BCUT2D eigenvalue weighted by Crippen LogP contribution is -2.02. The van der Waals surface area contributed by atoms with Crippen LogP contribution in [0.5, 0.6) is 5.75 Å². The van der Waals surface area contributed by atoms with Gasteiger partial charge in [-0.2, -0.15) is 5.10 Å². The second-order valence-electron chi connectivity index (χ2n) is 5.39. The second-order valence-corrected chi connectivity index (χ2v) is 5.80. The molecule has 5 heteroatoms. The summed E-state index contributed by atoms with van der Waals surface area (Å²) in [7, 11) is 0. The van der Waals surface area contributed by atoms with Crippen molar-refractivity contribution in [1.29, 1.82) is 0 Å². The van der Waals surface area contributed by atoms with Crippen LogP contribution in [0.1, 0.15) is 24.7 Å². The van der Waals surface area contributed by atoms with Gasteiger partial charge in [0.2, 0.25) is 0 Å². The Morgan fingerprint density at radius 2 is 1.83 bits per heavy atom. The van der Waals surface area contributed by atoms with Crippen LogP contribution in [0.3, 0.4) is 0 Å². The Balaban J connectivity index is 1.97. The first-order chi connectivity index (χ1) is 11.7. The monoisotopic (exact) mass is 339 g/mol. The van der Waals surface area contributed by atoms with Gasteiger partial charge in [0.25, 0.3) is 0 Å². The number of phenolic OH excluding ortho intramolecular Hbond substituents is 1. The third-order valence-electron chi connectivity index (χ3n) is 3.59. The zero-order valence-electron chi connectivity index (χ0n) is 13.4. The van der Waals surface area contributed by atoms with Gasteiger partial charge in [-0.05, 0) is 42.3 Å². The molecule has 0 fully saturated rings. The van der Waals surface area contributed by atoms with E-state index in [2.05, 4.69) is 17.0 Å². The summed E-state index contributed by atoms with van der Waals surface area (Å²) in [6.45, 7) is 2.81. The van der Waals surface area contributed by atoms with E-state index in [0.717, 1.165) is 18.5 Å². The second kappa shape index (κ2) is 7.32. The summed E-state index contributed by atoms with van der Waals surface area (Å²) in [4.78, 5) is 4.57. The van der Waals surface area contributed by atoms with E-state index in [1.807, 2.05) is 53.2 Å². The van der Waals surface area contributed by atoms with Crippen LogP contribution in [0.4, 0.5) is 0 Å². The number of aromatic hydroxyl groups is 1. The van der Waals surface area contributed by atoms with E-state index in [-0.39, 0.29) is 5.75 Å². The van der Waals surface area contributed by atoms with Crippen molar-refractivity contribution in [3.05, 3.63) is 64.9 Å². The Morgan fingerprint density at radius 3 is 2.58 bits per heavy atom. The molecule has 0 aliphatic carbocycles. The van der Waals surface area contributed by atoms with E-state index in [1.54, 1.807) is 12.1 Å². The van der Waals surface area contributed by atoms with Gasteiger partial charge in [-0.1, -0.05) is 48.9 Å². The van der Waals surface area contributed by atoms with Crippen LogP contribution in [-0.2, 0) is 6.54 Å². The zero-order valence-corrected chi connectivity index (χ0v) is 14.1. The highest BCUT2D eigenvalue weighted by molar-refractivity contribution is 6.32. The van der Waals surface area contributed by atoms with Crippen molar-refractivity contribution in [1.82, 2.24) is 14.8 Å². The highest BCUT2D eigenvalue weighted by atomic mass is 35.5. The highest BCUT2D eigenvalue weighted by Crippen LogP contribution is 2.27. The van der Waals surface area contributed by atoms with Crippen molar-refractivity contribution < 1.29 is 5.11 Å². The standard InChI is InChI=1S/C19H18ClN3O/c1-2-13-23-19(15-8-4-6-10-17(15)24)21-18(22-23)12-11-14-7-3-5-9-16(14)20/h3-12,24H,2,13H2,1H3/b12-11+. The minimum absolute atomic E-state index is 0.198. The van der Waals surface area contributed by atoms with Crippen LogP contribution >= 0.6 is 11.6 Å². The molecule has 0 atom stereocenters. The van der Waals surface area contributed by atoms with Gasteiger partial charge in [0.15, 0.2) is 11.6 Å². The number of rotatable bonds is 5. The average molecular weight is 340 g/mol. The summed E-state index contributed by atoms with van der Waals surface area (Å²) in [5, 5.41) is 15.3. The Morgan fingerprint density at radius 1 is 1.08 bits per heavy atom. The van der Waals surface area contributed by atoms with Gasteiger partial charge in [0.05, 0.1) is 5.56 Å². The summed E-state index contributed by atoms with van der Waals surface area (Å²) in [5.41, 5.74) is 1.59. The number of aromatic nitrogens is 3. The number of hydrogen-bond acceptors (Lipinski definition) is 3. The minimum Gasteiger partial charge on any atom is -0.507 e. The van der Waals surface area contributed by atoms with Gasteiger partial charge in [0.1, 0.15) is 5.75 Å². The number of para-hydroxylation sites is 1. The maximum Gasteiger partial charge on any atom is 0.174 e. The molecule has 4 nitrogen and oxygen atoms in total. The summed E-state index contributed by atoms with van der Waals surface area (Å²) in [5.74, 6) is 1.44. The fourth-order valence-corrected chi connectivity index (χ4v) is 2.63. The van der Waals surface area contributed by atoms with Crippen LogP contribution < -0.4 is 0 Å².